The predicted molar refractivity (Wildman–Crippen MR) is 191 cm³/mol. The molecule has 1 spiro atoms. The molecular formula is C40H51N3O8. The first-order valence-corrected chi connectivity index (χ1v) is 18.0. The largest absolute Gasteiger partial charge is 0.455 e. The van der Waals surface area contributed by atoms with Gasteiger partial charge in [0, 0.05) is 39.8 Å². The molecule has 11 heteroatoms. The summed E-state index contributed by atoms with van der Waals surface area (Å²) in [6.07, 6.45) is 5.27. The van der Waals surface area contributed by atoms with Gasteiger partial charge in [0.2, 0.25) is 17.7 Å². The third-order valence-corrected chi connectivity index (χ3v) is 10.2. The molecule has 2 aromatic rings. The molecule has 0 aliphatic carbocycles. The molecule has 3 amide bonds. The van der Waals surface area contributed by atoms with Gasteiger partial charge in [0.05, 0.1) is 30.6 Å². The van der Waals surface area contributed by atoms with E-state index in [4.69, 9.17) is 14.2 Å². The molecular weight excluding hydrogens is 650 g/mol. The Morgan fingerprint density at radius 3 is 2.47 bits per heavy atom. The lowest BCUT2D eigenvalue weighted by Gasteiger charge is -2.37. The van der Waals surface area contributed by atoms with Crippen LogP contribution in [0.2, 0.25) is 0 Å². The predicted octanol–water partition coefficient (Wildman–Crippen LogP) is 4.12. The number of likely N-dealkylation sites (tertiary alicyclic amines) is 1. The van der Waals surface area contributed by atoms with Crippen molar-refractivity contribution in [3.05, 3.63) is 97.1 Å². The van der Waals surface area contributed by atoms with Gasteiger partial charge in [0.1, 0.15) is 17.7 Å². The highest BCUT2D eigenvalue weighted by molar-refractivity contribution is 5.98. The number of fused-ring (bicyclic) bond motifs is 1. The van der Waals surface area contributed by atoms with E-state index in [1.165, 1.54) is 7.11 Å². The lowest BCUT2D eigenvalue weighted by molar-refractivity contribution is -0.163. The van der Waals surface area contributed by atoms with E-state index in [1.807, 2.05) is 60.7 Å². The fourth-order valence-electron chi connectivity index (χ4n) is 8.00. The molecule has 7 atom stereocenters. The van der Waals surface area contributed by atoms with Crippen LogP contribution in [0.3, 0.4) is 0 Å². The number of ether oxygens (including phenoxy) is 3. The molecule has 2 aromatic carbocycles. The molecule has 0 unspecified atom stereocenters. The summed E-state index contributed by atoms with van der Waals surface area (Å²) in [5, 5.41) is 12.4. The van der Waals surface area contributed by atoms with Crippen molar-refractivity contribution >= 4 is 23.7 Å². The number of carbonyl (C=O) groups is 4. The fraction of sp³-hybridized carbons (Fsp3) is 0.500. The van der Waals surface area contributed by atoms with E-state index in [9.17, 15) is 24.3 Å². The normalized spacial score (nSPS) is 24.4. The second-order valence-corrected chi connectivity index (χ2v) is 13.6. The molecule has 3 heterocycles. The summed E-state index contributed by atoms with van der Waals surface area (Å²) in [4.78, 5) is 59.8. The Morgan fingerprint density at radius 2 is 1.80 bits per heavy atom. The number of amides is 3. The van der Waals surface area contributed by atoms with Crippen molar-refractivity contribution in [3.8, 4) is 0 Å². The van der Waals surface area contributed by atoms with Gasteiger partial charge in [-0.15, -0.1) is 13.2 Å². The summed E-state index contributed by atoms with van der Waals surface area (Å²) in [6.45, 7) is 8.56. The second-order valence-electron chi connectivity index (χ2n) is 13.6. The molecule has 0 saturated carbocycles. The van der Waals surface area contributed by atoms with Gasteiger partial charge >= 0.3 is 5.97 Å². The Morgan fingerprint density at radius 1 is 1.08 bits per heavy atom. The van der Waals surface area contributed by atoms with Crippen LogP contribution in [0.4, 0.5) is 0 Å². The minimum Gasteiger partial charge on any atom is -0.455 e. The molecule has 0 aromatic heterocycles. The SMILES string of the molecule is C=CCCC(=O)N[C@H](COC)[C@H](OC(=O)[C@@H]1[C@@H]2CC[C@]3(O2)[C@H](C(=O)N(CC=C)Cc2ccccc2)N(CCCCCO)C(=O)[C@@H]13)c1ccccc1. The fourth-order valence-corrected chi connectivity index (χ4v) is 8.00. The zero-order valence-corrected chi connectivity index (χ0v) is 29.5. The van der Waals surface area contributed by atoms with Gasteiger partial charge in [-0.2, -0.15) is 0 Å². The smallest absolute Gasteiger partial charge is 0.313 e. The van der Waals surface area contributed by atoms with Crippen molar-refractivity contribution in [1.82, 2.24) is 15.1 Å². The standard InChI is InChI=1S/C40H51N3O8/c1-4-6-20-32(45)41-30(27-49-3)35(29-18-12-8-13-19-29)50-39(48)33-31-21-22-40(51-31)34(33)37(46)43(24-14-9-15-25-44)36(40)38(47)42(23-5-2)26-28-16-10-7-11-17-28/h4-5,7-8,10-13,16-19,30-31,33-36,44H,1-2,6,9,14-15,20-27H2,3H3,(H,41,45)/t30-,31+,33-,34-,35-,36+,40-/m1/s1. The van der Waals surface area contributed by atoms with Crippen LogP contribution in [-0.4, -0.2) is 95.8 Å². The zero-order valence-electron chi connectivity index (χ0n) is 29.5. The first-order valence-electron chi connectivity index (χ1n) is 18.0. The minimum absolute atomic E-state index is 0.0348. The first-order chi connectivity index (χ1) is 24.8. The first kappa shape index (κ1) is 37.9. The molecule has 11 nitrogen and oxygen atoms in total. The number of unbranched alkanes of at least 4 members (excludes halogenated alkanes) is 2. The van der Waals surface area contributed by atoms with Crippen LogP contribution >= 0.6 is 0 Å². The number of hydrogen-bond donors (Lipinski definition) is 2. The summed E-state index contributed by atoms with van der Waals surface area (Å²) in [5.41, 5.74) is 0.392. The van der Waals surface area contributed by atoms with Gasteiger partial charge in [0.25, 0.3) is 0 Å². The lowest BCUT2D eigenvalue weighted by Crippen LogP contribution is -2.56. The maximum Gasteiger partial charge on any atom is 0.313 e. The Hall–Kier alpha value is -4.32. The van der Waals surface area contributed by atoms with Gasteiger partial charge < -0.3 is 34.4 Å². The number of aliphatic hydroxyl groups excluding tert-OH is 1. The topological polar surface area (TPSA) is 135 Å². The van der Waals surface area contributed by atoms with Crippen LogP contribution in [0.15, 0.2) is 86.0 Å². The molecule has 51 heavy (non-hydrogen) atoms. The molecule has 2 bridgehead atoms. The zero-order chi connectivity index (χ0) is 36.4. The van der Waals surface area contributed by atoms with Crippen molar-refractivity contribution in [3.63, 3.8) is 0 Å². The molecule has 0 radical (unpaired) electrons. The number of aliphatic hydroxyl groups is 1. The Kier molecular flexibility index (Phi) is 13.2. The average Bonchev–Trinajstić information content (AvgIpc) is 3.79. The van der Waals surface area contributed by atoms with Crippen molar-refractivity contribution in [1.29, 1.82) is 0 Å². The number of hydrogen-bond acceptors (Lipinski definition) is 8. The van der Waals surface area contributed by atoms with Crippen molar-refractivity contribution in [2.24, 2.45) is 11.8 Å². The second kappa shape index (κ2) is 17.7. The van der Waals surface area contributed by atoms with E-state index in [0.29, 0.717) is 50.6 Å². The van der Waals surface area contributed by atoms with Gasteiger partial charge in [0.15, 0.2) is 0 Å². The van der Waals surface area contributed by atoms with Gasteiger partial charge in [-0.3, -0.25) is 19.2 Å². The van der Waals surface area contributed by atoms with Gasteiger partial charge in [-0.25, -0.2) is 0 Å². The summed E-state index contributed by atoms with van der Waals surface area (Å²) >= 11 is 0. The number of benzene rings is 2. The van der Waals surface area contributed by atoms with E-state index in [-0.39, 0.29) is 50.4 Å². The third-order valence-electron chi connectivity index (χ3n) is 10.2. The molecule has 5 rings (SSSR count). The van der Waals surface area contributed by atoms with Crippen LogP contribution < -0.4 is 5.32 Å². The van der Waals surface area contributed by atoms with Gasteiger partial charge in [-0.1, -0.05) is 72.8 Å². The van der Waals surface area contributed by atoms with Crippen LogP contribution in [0.1, 0.15) is 62.2 Å². The van der Waals surface area contributed by atoms with E-state index < -0.39 is 47.7 Å². The van der Waals surface area contributed by atoms with E-state index in [0.717, 1.165) is 5.56 Å². The number of nitrogens with zero attached hydrogens (tertiary/aromatic N) is 2. The maximum absolute atomic E-state index is 14.7. The van der Waals surface area contributed by atoms with Crippen molar-refractivity contribution in [2.45, 2.75) is 81.4 Å². The summed E-state index contributed by atoms with van der Waals surface area (Å²) in [6, 6.07) is 17.1. The Labute approximate surface area is 300 Å². The van der Waals surface area contributed by atoms with Crippen molar-refractivity contribution < 1.29 is 38.5 Å². The molecule has 3 aliphatic heterocycles. The van der Waals surface area contributed by atoms with Crippen LogP contribution in [0.5, 0.6) is 0 Å². The van der Waals surface area contributed by atoms with Gasteiger partial charge in [-0.05, 0) is 49.7 Å². The van der Waals surface area contributed by atoms with Crippen molar-refractivity contribution in [2.75, 3.05) is 33.4 Å². The summed E-state index contributed by atoms with van der Waals surface area (Å²) in [5.74, 6) is -3.27. The molecule has 3 saturated heterocycles. The quantitative estimate of drug-likeness (QED) is 0.120. The third kappa shape index (κ3) is 8.27. The monoisotopic (exact) mass is 701 g/mol. The number of methoxy groups -OCH3 is 1. The highest BCUT2D eigenvalue weighted by Gasteiger charge is 2.75. The number of carbonyl (C=O) groups excluding carboxylic acids is 4. The highest BCUT2D eigenvalue weighted by atomic mass is 16.6. The summed E-state index contributed by atoms with van der Waals surface area (Å²) in [7, 11) is 1.51. The number of allylic oxidation sites excluding steroid dienone is 1. The summed E-state index contributed by atoms with van der Waals surface area (Å²) < 4.78 is 18.5. The minimum atomic E-state index is -1.21. The molecule has 3 aliphatic rings. The number of esters is 1. The Balaban J connectivity index is 1.46. The van der Waals surface area contributed by atoms with Crippen LogP contribution in [0, 0.1) is 11.8 Å². The number of rotatable bonds is 20. The number of nitrogens with one attached hydrogen (secondary N) is 1. The van der Waals surface area contributed by atoms with E-state index >= 15 is 0 Å². The highest BCUT2D eigenvalue weighted by Crippen LogP contribution is 2.59. The molecule has 3 fully saturated rings. The van der Waals surface area contributed by atoms with Crippen LogP contribution in [0.25, 0.3) is 0 Å². The van der Waals surface area contributed by atoms with E-state index in [2.05, 4.69) is 18.5 Å². The average molecular weight is 702 g/mol. The Bertz CT molecular complexity index is 1520. The van der Waals surface area contributed by atoms with E-state index in [1.54, 1.807) is 22.0 Å². The lowest BCUT2D eigenvalue weighted by atomic mass is 9.70. The van der Waals surface area contributed by atoms with Crippen LogP contribution in [-0.2, 0) is 39.9 Å². The molecule has 274 valence electrons. The molecule has 2 N–H and O–H groups in total. The maximum atomic E-state index is 14.7.